The Morgan fingerprint density at radius 3 is 2.47 bits per heavy atom. The zero-order valence-electron chi connectivity index (χ0n) is 9.41. The van der Waals surface area contributed by atoms with E-state index in [0.717, 1.165) is 6.42 Å². The molecule has 0 bridgehead atoms. The van der Waals surface area contributed by atoms with Crippen LogP contribution in [0.4, 0.5) is 0 Å². The van der Waals surface area contributed by atoms with Gasteiger partial charge in [-0.05, 0) is 19.6 Å². The van der Waals surface area contributed by atoms with Gasteiger partial charge in [0.05, 0.1) is 5.60 Å². The highest BCUT2D eigenvalue weighted by Gasteiger charge is 2.22. The Bertz CT molecular complexity index is 265. The first kappa shape index (κ1) is 15.2. The van der Waals surface area contributed by atoms with Gasteiger partial charge in [-0.15, -0.1) is 0 Å². The average Bonchev–Trinajstić information content (AvgIpc) is 2.12. The number of thioether (sulfide) groups is 1. The van der Waals surface area contributed by atoms with Gasteiger partial charge in [0.15, 0.2) is 0 Å². The van der Waals surface area contributed by atoms with Crippen LogP contribution in [-0.2, 0) is 10.2 Å². The maximum absolute atomic E-state index is 11.3. The summed E-state index contributed by atoms with van der Waals surface area (Å²) in [4.78, 5) is 0. The van der Waals surface area contributed by atoms with Gasteiger partial charge >= 0.3 is 0 Å². The lowest BCUT2D eigenvalue weighted by molar-refractivity contribution is 0.0907. The lowest BCUT2D eigenvalue weighted by atomic mass is 10.1. The molecular weight excluding hydrogens is 236 g/mol. The van der Waals surface area contributed by atoms with Crippen molar-refractivity contribution in [3.8, 4) is 0 Å². The van der Waals surface area contributed by atoms with Crippen LogP contribution in [0.1, 0.15) is 20.3 Å². The molecule has 0 fully saturated rings. The summed E-state index contributed by atoms with van der Waals surface area (Å²) in [6.07, 6.45) is 2.60. The average molecular weight is 256 g/mol. The Morgan fingerprint density at radius 2 is 2.00 bits per heavy atom. The van der Waals surface area contributed by atoms with Crippen LogP contribution in [0.2, 0.25) is 0 Å². The van der Waals surface area contributed by atoms with Gasteiger partial charge in [0, 0.05) is 18.8 Å². The number of nitrogens with one attached hydrogen (secondary N) is 2. The third-order valence-corrected chi connectivity index (χ3v) is 3.66. The molecule has 0 amide bonds. The molecule has 0 saturated carbocycles. The predicted octanol–water partition coefficient (Wildman–Crippen LogP) is -0.0656. The van der Waals surface area contributed by atoms with E-state index in [0.29, 0.717) is 12.3 Å². The molecule has 0 aliphatic carbocycles. The normalized spacial score (nSPS) is 16.3. The SMILES string of the molecule is CCCNS(=O)(=O)NCC(C)(O)CSC. The largest absolute Gasteiger partial charge is 0.388 e. The molecule has 1 unspecified atom stereocenters. The Balaban J connectivity index is 4.02. The van der Waals surface area contributed by atoms with Crippen molar-refractivity contribution in [1.82, 2.24) is 9.44 Å². The molecule has 5 nitrogen and oxygen atoms in total. The third kappa shape index (κ3) is 8.04. The summed E-state index contributed by atoms with van der Waals surface area (Å²) in [7, 11) is -3.46. The van der Waals surface area contributed by atoms with Crippen molar-refractivity contribution in [1.29, 1.82) is 0 Å². The van der Waals surface area contributed by atoms with Crippen molar-refractivity contribution in [2.75, 3.05) is 25.1 Å². The summed E-state index contributed by atoms with van der Waals surface area (Å²) in [5.41, 5.74) is -1.01. The van der Waals surface area contributed by atoms with Crippen molar-refractivity contribution in [2.45, 2.75) is 25.9 Å². The molecule has 92 valence electrons. The van der Waals surface area contributed by atoms with E-state index >= 15 is 0 Å². The third-order valence-electron chi connectivity index (χ3n) is 1.64. The molecule has 0 rings (SSSR count). The van der Waals surface area contributed by atoms with Crippen molar-refractivity contribution in [2.24, 2.45) is 0 Å². The van der Waals surface area contributed by atoms with Crippen molar-refractivity contribution in [3.05, 3.63) is 0 Å². The predicted molar refractivity (Wildman–Crippen MR) is 64.2 cm³/mol. The molecule has 0 aliphatic rings. The lowest BCUT2D eigenvalue weighted by Crippen LogP contribution is -2.46. The molecule has 0 aliphatic heterocycles. The minimum Gasteiger partial charge on any atom is -0.388 e. The number of hydrogen-bond acceptors (Lipinski definition) is 4. The fourth-order valence-corrected chi connectivity index (χ4v) is 2.70. The summed E-state index contributed by atoms with van der Waals surface area (Å²) in [5, 5.41) is 9.73. The summed E-state index contributed by atoms with van der Waals surface area (Å²) in [6.45, 7) is 3.91. The van der Waals surface area contributed by atoms with E-state index in [1.807, 2.05) is 13.2 Å². The summed E-state index contributed by atoms with van der Waals surface area (Å²) >= 11 is 1.47. The number of aliphatic hydroxyl groups is 1. The van der Waals surface area contributed by atoms with Crippen LogP contribution < -0.4 is 9.44 Å². The molecule has 0 heterocycles. The summed E-state index contributed by atoms with van der Waals surface area (Å²) in [5.74, 6) is 0.489. The second-order valence-electron chi connectivity index (χ2n) is 3.65. The van der Waals surface area contributed by atoms with Gasteiger partial charge in [-0.3, -0.25) is 0 Å². The van der Waals surface area contributed by atoms with Crippen LogP contribution >= 0.6 is 11.8 Å². The Morgan fingerprint density at radius 1 is 1.40 bits per heavy atom. The minimum atomic E-state index is -3.46. The molecule has 15 heavy (non-hydrogen) atoms. The Kier molecular flexibility index (Phi) is 6.78. The van der Waals surface area contributed by atoms with E-state index in [-0.39, 0.29) is 6.54 Å². The standard InChI is InChI=1S/C8H20N2O3S2/c1-4-5-9-15(12,13)10-6-8(2,11)7-14-3/h9-11H,4-7H2,1-3H3. The zero-order chi connectivity index (χ0) is 11.9. The molecule has 0 aromatic rings. The van der Waals surface area contributed by atoms with Gasteiger partial charge < -0.3 is 5.11 Å². The Labute approximate surface area is 96.2 Å². The molecule has 0 aromatic heterocycles. The molecule has 7 heteroatoms. The van der Waals surface area contributed by atoms with E-state index in [2.05, 4.69) is 9.44 Å². The second-order valence-corrected chi connectivity index (χ2v) is 6.10. The topological polar surface area (TPSA) is 78.4 Å². The maximum atomic E-state index is 11.3. The Hall–Kier alpha value is 0.180. The van der Waals surface area contributed by atoms with Gasteiger partial charge in [0.25, 0.3) is 10.2 Å². The molecule has 0 radical (unpaired) electrons. The van der Waals surface area contributed by atoms with Gasteiger partial charge in [-0.2, -0.15) is 24.9 Å². The van der Waals surface area contributed by atoms with Crippen molar-refractivity contribution < 1.29 is 13.5 Å². The smallest absolute Gasteiger partial charge is 0.277 e. The monoisotopic (exact) mass is 256 g/mol. The lowest BCUT2D eigenvalue weighted by Gasteiger charge is -2.22. The van der Waals surface area contributed by atoms with Gasteiger partial charge in [-0.25, -0.2) is 4.72 Å². The highest BCUT2D eigenvalue weighted by molar-refractivity contribution is 7.98. The van der Waals surface area contributed by atoms with Crippen LogP contribution in [-0.4, -0.2) is 44.2 Å². The van der Waals surface area contributed by atoms with Crippen molar-refractivity contribution >= 4 is 22.0 Å². The summed E-state index contributed by atoms with van der Waals surface area (Å²) < 4.78 is 27.3. The van der Waals surface area contributed by atoms with Crippen LogP contribution in [0.5, 0.6) is 0 Å². The van der Waals surface area contributed by atoms with Crippen LogP contribution in [0.3, 0.4) is 0 Å². The van der Waals surface area contributed by atoms with Gasteiger partial charge in [0.1, 0.15) is 0 Å². The highest BCUT2D eigenvalue weighted by Crippen LogP contribution is 2.09. The van der Waals surface area contributed by atoms with E-state index in [1.165, 1.54) is 11.8 Å². The molecule has 0 spiro atoms. The molecule has 3 N–H and O–H groups in total. The van der Waals surface area contributed by atoms with E-state index < -0.39 is 15.8 Å². The van der Waals surface area contributed by atoms with Crippen molar-refractivity contribution in [3.63, 3.8) is 0 Å². The van der Waals surface area contributed by atoms with E-state index in [4.69, 9.17) is 0 Å². The van der Waals surface area contributed by atoms with Crippen LogP contribution in [0.15, 0.2) is 0 Å². The first-order valence-corrected chi connectivity index (χ1v) is 7.66. The molecule has 1 atom stereocenters. The fraction of sp³-hybridized carbons (Fsp3) is 1.00. The maximum Gasteiger partial charge on any atom is 0.277 e. The minimum absolute atomic E-state index is 0.0207. The van der Waals surface area contributed by atoms with Gasteiger partial charge in [0.2, 0.25) is 0 Å². The van der Waals surface area contributed by atoms with Gasteiger partial charge in [-0.1, -0.05) is 6.92 Å². The first-order valence-electron chi connectivity index (χ1n) is 4.78. The molecular formula is C8H20N2O3S2. The highest BCUT2D eigenvalue weighted by atomic mass is 32.2. The zero-order valence-corrected chi connectivity index (χ0v) is 11.0. The van der Waals surface area contributed by atoms with Crippen LogP contribution in [0.25, 0.3) is 0 Å². The van der Waals surface area contributed by atoms with Crippen LogP contribution in [0, 0.1) is 0 Å². The molecule has 0 aromatic carbocycles. The first-order chi connectivity index (χ1) is 6.83. The van der Waals surface area contributed by atoms with E-state index in [9.17, 15) is 13.5 Å². The number of rotatable bonds is 8. The summed E-state index contributed by atoms with van der Waals surface area (Å²) in [6, 6.07) is 0. The second kappa shape index (κ2) is 6.70. The molecule has 0 saturated heterocycles. The quantitative estimate of drug-likeness (QED) is 0.568. The van der Waals surface area contributed by atoms with E-state index in [1.54, 1.807) is 6.92 Å². The fourth-order valence-electron chi connectivity index (χ4n) is 0.900. The number of hydrogen-bond donors (Lipinski definition) is 3.